The number of aliphatic hydroxyl groups excluding tert-OH is 1. The van der Waals surface area contributed by atoms with Crippen molar-refractivity contribution in [1.82, 2.24) is 0 Å². The van der Waals surface area contributed by atoms with E-state index in [0.29, 0.717) is 0 Å². The van der Waals surface area contributed by atoms with Crippen LogP contribution < -0.4 is 4.90 Å². The summed E-state index contributed by atoms with van der Waals surface area (Å²) in [4.78, 5) is 13.0. The lowest BCUT2D eigenvalue weighted by atomic mass is 9.93. The molecule has 1 unspecified atom stereocenters. The summed E-state index contributed by atoms with van der Waals surface area (Å²) in [7, 11) is 0. The first-order valence-electron chi connectivity index (χ1n) is 7.81. The minimum atomic E-state index is -0.976. The number of benzene rings is 2. The lowest BCUT2D eigenvalue weighted by Gasteiger charge is -2.35. The minimum absolute atomic E-state index is 0.0290. The Labute approximate surface area is 148 Å². The van der Waals surface area contributed by atoms with Gasteiger partial charge in [0.15, 0.2) is 11.6 Å². The van der Waals surface area contributed by atoms with E-state index >= 15 is 0 Å². The zero-order chi connectivity index (χ0) is 19.0. The Morgan fingerprint density at radius 2 is 2.00 bits per heavy atom. The van der Waals surface area contributed by atoms with Gasteiger partial charge in [-0.3, -0.25) is 4.79 Å². The molecule has 2 aromatic carbocycles. The first-order valence-corrected chi connectivity index (χ1v) is 7.81. The van der Waals surface area contributed by atoms with Gasteiger partial charge in [0.1, 0.15) is 23.5 Å². The second kappa shape index (κ2) is 6.55. The van der Waals surface area contributed by atoms with Crippen LogP contribution in [0.2, 0.25) is 0 Å². The van der Waals surface area contributed by atoms with E-state index in [2.05, 4.69) is 0 Å². The van der Waals surface area contributed by atoms with Crippen LogP contribution in [0.5, 0.6) is 0 Å². The molecule has 3 rings (SSSR count). The first-order chi connectivity index (χ1) is 12.4. The molecule has 1 aliphatic heterocycles. The van der Waals surface area contributed by atoms with Gasteiger partial charge in [-0.15, -0.1) is 0 Å². The van der Waals surface area contributed by atoms with Gasteiger partial charge in [0.25, 0.3) is 0 Å². The molecular weight excluding hydrogens is 340 g/mol. The second-order valence-electron chi connectivity index (χ2n) is 5.95. The molecule has 0 spiro atoms. The minimum Gasteiger partial charge on any atom is -0.388 e. The number of hydrogen-bond acceptors (Lipinski definition) is 5. The van der Waals surface area contributed by atoms with Crippen LogP contribution in [0.3, 0.4) is 0 Å². The Bertz CT molecular complexity index is 1010. The number of carbonyl (C=O) groups is 1. The number of fused-ring (bicyclic) bond motifs is 1. The monoisotopic (exact) mass is 353 g/mol. The average molecular weight is 353 g/mol. The van der Waals surface area contributed by atoms with Crippen molar-refractivity contribution >= 4 is 17.2 Å². The summed E-state index contributed by atoms with van der Waals surface area (Å²) in [6, 6.07) is 8.47. The highest BCUT2D eigenvalue weighted by atomic mass is 19.1. The highest BCUT2D eigenvalue weighted by Gasteiger charge is 2.30. The van der Waals surface area contributed by atoms with Gasteiger partial charge >= 0.3 is 0 Å². The van der Waals surface area contributed by atoms with Gasteiger partial charge in [-0.2, -0.15) is 10.5 Å². The molecule has 0 radical (unpaired) electrons. The molecule has 2 aromatic rings. The predicted molar refractivity (Wildman–Crippen MR) is 88.8 cm³/mol. The number of halogens is 2. The molecule has 0 amide bonds. The van der Waals surface area contributed by atoms with Crippen LogP contribution in [0.1, 0.15) is 46.5 Å². The van der Waals surface area contributed by atoms with E-state index in [0.717, 1.165) is 12.1 Å². The van der Waals surface area contributed by atoms with Crippen molar-refractivity contribution in [3.63, 3.8) is 0 Å². The molecule has 7 heteroatoms. The van der Waals surface area contributed by atoms with E-state index in [1.807, 2.05) is 6.07 Å². The van der Waals surface area contributed by atoms with E-state index in [4.69, 9.17) is 0 Å². The number of rotatable bonds is 2. The van der Waals surface area contributed by atoms with Crippen molar-refractivity contribution in [1.29, 1.82) is 10.5 Å². The van der Waals surface area contributed by atoms with E-state index in [9.17, 15) is 29.2 Å². The Kier molecular flexibility index (Phi) is 4.41. The first kappa shape index (κ1) is 17.5. The number of nitrogens with zero attached hydrogens (tertiary/aromatic N) is 3. The predicted octanol–water partition coefficient (Wildman–Crippen LogP) is 3.49. The number of aliphatic hydroxyl groups is 1. The third kappa shape index (κ3) is 2.69. The van der Waals surface area contributed by atoms with Crippen molar-refractivity contribution in [2.45, 2.75) is 19.4 Å². The molecule has 0 saturated carbocycles. The van der Waals surface area contributed by atoms with Crippen molar-refractivity contribution < 1.29 is 18.7 Å². The highest BCUT2D eigenvalue weighted by molar-refractivity contribution is 5.95. The summed E-state index contributed by atoms with van der Waals surface area (Å²) in [6.45, 7) is 1.39. The van der Waals surface area contributed by atoms with Gasteiger partial charge in [0.05, 0.1) is 28.6 Å². The maximum atomic E-state index is 14.6. The molecule has 0 aromatic heterocycles. The lowest BCUT2D eigenvalue weighted by molar-refractivity contribution is 0.101. The topological polar surface area (TPSA) is 88.1 Å². The second-order valence-corrected chi connectivity index (χ2v) is 5.95. The van der Waals surface area contributed by atoms with Gasteiger partial charge < -0.3 is 10.0 Å². The molecule has 0 fully saturated rings. The summed E-state index contributed by atoms with van der Waals surface area (Å²) in [5.41, 5.74) is 0.0206. The number of carbonyl (C=O) groups excluding carboxylic acids is 1. The standard InChI is InChI=1S/C19H13F2N3O2/c1-10(25)13-2-3-16(15(9-23)18(13)21)24-5-4-17(26)14-7-12(20)6-11(8-22)19(14)24/h2-3,6-7,17,26H,4-5H2,1H3. The summed E-state index contributed by atoms with van der Waals surface area (Å²) in [5.74, 6) is -2.12. The van der Waals surface area contributed by atoms with Crippen LogP contribution in [0.25, 0.3) is 0 Å². The number of ketones is 1. The Hall–Kier alpha value is -3.29. The van der Waals surface area contributed by atoms with E-state index in [1.165, 1.54) is 24.0 Å². The van der Waals surface area contributed by atoms with Gasteiger partial charge in [-0.25, -0.2) is 8.78 Å². The quantitative estimate of drug-likeness (QED) is 0.835. The van der Waals surface area contributed by atoms with Crippen molar-refractivity contribution in [2.24, 2.45) is 0 Å². The van der Waals surface area contributed by atoms with Crippen LogP contribution in [-0.4, -0.2) is 17.4 Å². The van der Waals surface area contributed by atoms with Gasteiger partial charge in [-0.05, 0) is 37.6 Å². The molecule has 1 aliphatic rings. The highest BCUT2D eigenvalue weighted by Crippen LogP contribution is 2.42. The zero-order valence-corrected chi connectivity index (χ0v) is 13.8. The maximum Gasteiger partial charge on any atom is 0.162 e. The van der Waals surface area contributed by atoms with Crippen molar-refractivity contribution in [3.8, 4) is 12.1 Å². The van der Waals surface area contributed by atoms with Crippen LogP contribution in [0.15, 0.2) is 24.3 Å². The number of Topliss-reactive ketones (excluding diaryl/α,β-unsaturated/α-hetero) is 1. The molecule has 26 heavy (non-hydrogen) atoms. The van der Waals surface area contributed by atoms with Crippen LogP contribution in [0.4, 0.5) is 20.2 Å². The van der Waals surface area contributed by atoms with Gasteiger partial charge in [0, 0.05) is 12.1 Å². The summed E-state index contributed by atoms with van der Waals surface area (Å²) >= 11 is 0. The average Bonchev–Trinajstić information content (AvgIpc) is 2.61. The normalized spacial score (nSPS) is 15.8. The third-order valence-corrected chi connectivity index (χ3v) is 4.38. The maximum absolute atomic E-state index is 14.6. The van der Waals surface area contributed by atoms with E-state index in [1.54, 1.807) is 6.07 Å². The third-order valence-electron chi connectivity index (χ3n) is 4.38. The molecule has 1 N–H and O–H groups in total. The van der Waals surface area contributed by atoms with Gasteiger partial charge in [0.2, 0.25) is 0 Å². The van der Waals surface area contributed by atoms with Crippen molar-refractivity contribution in [3.05, 3.63) is 58.2 Å². The smallest absolute Gasteiger partial charge is 0.162 e. The molecule has 5 nitrogen and oxygen atoms in total. The molecular formula is C19H13F2N3O2. The van der Waals surface area contributed by atoms with E-state index < -0.39 is 23.5 Å². The largest absolute Gasteiger partial charge is 0.388 e. The fraction of sp³-hybridized carbons (Fsp3) is 0.211. The lowest BCUT2D eigenvalue weighted by Crippen LogP contribution is -2.29. The fourth-order valence-electron chi connectivity index (χ4n) is 3.19. The molecule has 1 heterocycles. The summed E-state index contributed by atoms with van der Waals surface area (Å²) in [6.07, 6.45) is -0.765. The SMILES string of the molecule is CC(=O)c1ccc(N2CCC(O)c3cc(F)cc(C#N)c32)c(C#N)c1F. The summed E-state index contributed by atoms with van der Waals surface area (Å²) < 4.78 is 28.4. The van der Waals surface area contributed by atoms with Crippen LogP contribution >= 0.6 is 0 Å². The molecule has 130 valence electrons. The zero-order valence-electron chi connectivity index (χ0n) is 13.8. The fourth-order valence-corrected chi connectivity index (χ4v) is 3.19. The molecule has 0 bridgehead atoms. The van der Waals surface area contributed by atoms with Crippen LogP contribution in [0, 0.1) is 34.3 Å². The molecule has 1 atom stereocenters. The molecule has 0 saturated heterocycles. The summed E-state index contributed by atoms with van der Waals surface area (Å²) in [5, 5.41) is 28.9. The van der Waals surface area contributed by atoms with E-state index in [-0.39, 0.29) is 46.6 Å². The van der Waals surface area contributed by atoms with Crippen LogP contribution in [-0.2, 0) is 0 Å². The number of nitriles is 2. The van der Waals surface area contributed by atoms with Crippen molar-refractivity contribution in [2.75, 3.05) is 11.4 Å². The number of anilines is 2. The Balaban J connectivity index is 2.27. The van der Waals surface area contributed by atoms with Gasteiger partial charge in [-0.1, -0.05) is 0 Å². The number of hydrogen-bond donors (Lipinski definition) is 1. The Morgan fingerprint density at radius 1 is 1.27 bits per heavy atom. The Morgan fingerprint density at radius 3 is 2.62 bits per heavy atom. The molecule has 0 aliphatic carbocycles.